The van der Waals surface area contributed by atoms with Crippen molar-refractivity contribution in [1.82, 2.24) is 9.88 Å². The van der Waals surface area contributed by atoms with Crippen molar-refractivity contribution in [3.63, 3.8) is 0 Å². The van der Waals surface area contributed by atoms with E-state index in [-0.39, 0.29) is 0 Å². The van der Waals surface area contributed by atoms with Crippen molar-refractivity contribution in [1.29, 1.82) is 0 Å². The topological polar surface area (TPSA) is 87.3 Å². The fraction of sp³-hybridized carbons (Fsp3) is 0.500. The fourth-order valence-electron chi connectivity index (χ4n) is 1.98. The summed E-state index contributed by atoms with van der Waals surface area (Å²) in [6.07, 6.45) is 1.02. The molecule has 0 atom stereocenters. The highest BCUT2D eigenvalue weighted by Crippen LogP contribution is 2.24. The van der Waals surface area contributed by atoms with Gasteiger partial charge in [-0.05, 0) is 39.9 Å². The molecule has 20 heavy (non-hydrogen) atoms. The number of nitrogens with two attached hydrogens (primary N) is 1. The molecule has 1 aromatic heterocycles. The molecule has 0 aliphatic carbocycles. The van der Waals surface area contributed by atoms with Crippen LogP contribution in [0.2, 0.25) is 0 Å². The Morgan fingerprint density at radius 1 is 1.45 bits per heavy atom. The number of benzene rings is 1. The van der Waals surface area contributed by atoms with E-state index in [1.165, 1.54) is 0 Å². The van der Waals surface area contributed by atoms with Gasteiger partial charge in [-0.2, -0.15) is 0 Å². The Balaban J connectivity index is 1.96. The van der Waals surface area contributed by atoms with Crippen LogP contribution >= 0.6 is 0 Å². The van der Waals surface area contributed by atoms with Crippen LogP contribution in [0.4, 0.5) is 11.4 Å². The fourth-order valence-corrected chi connectivity index (χ4v) is 1.98. The van der Waals surface area contributed by atoms with Crippen LogP contribution in [0.1, 0.15) is 20.3 Å². The Kier molecular flexibility index (Phi) is 4.34. The summed E-state index contributed by atoms with van der Waals surface area (Å²) in [6, 6.07) is 4.02. The first-order valence-corrected chi connectivity index (χ1v) is 6.84. The lowest BCUT2D eigenvalue weighted by Gasteiger charge is -2.21. The van der Waals surface area contributed by atoms with Crippen LogP contribution in [0, 0.1) is 0 Å². The van der Waals surface area contributed by atoms with E-state index < -0.39 is 5.76 Å². The lowest BCUT2D eigenvalue weighted by molar-refractivity contribution is 0.273. The lowest BCUT2D eigenvalue weighted by atomic mass is 10.2. The zero-order valence-corrected chi connectivity index (χ0v) is 12.2. The van der Waals surface area contributed by atoms with Crippen molar-refractivity contribution >= 4 is 22.5 Å². The highest BCUT2D eigenvalue weighted by molar-refractivity contribution is 5.85. The van der Waals surface area contributed by atoms with Crippen LogP contribution < -0.4 is 16.8 Å². The van der Waals surface area contributed by atoms with E-state index in [1.54, 1.807) is 6.07 Å². The smallest absolute Gasteiger partial charge is 0.408 e. The van der Waals surface area contributed by atoms with E-state index >= 15 is 0 Å². The van der Waals surface area contributed by atoms with E-state index in [0.717, 1.165) is 25.2 Å². The van der Waals surface area contributed by atoms with E-state index in [2.05, 4.69) is 36.1 Å². The van der Waals surface area contributed by atoms with Crippen molar-refractivity contribution in [3.05, 3.63) is 22.7 Å². The first-order valence-electron chi connectivity index (χ1n) is 6.84. The summed E-state index contributed by atoms with van der Waals surface area (Å²) in [5, 5.41) is 3.29. The normalized spacial score (nSPS) is 11.7. The van der Waals surface area contributed by atoms with E-state index in [1.807, 2.05) is 6.07 Å². The number of anilines is 2. The number of hydrogen-bond donors (Lipinski definition) is 3. The predicted octanol–water partition coefficient (Wildman–Crippen LogP) is 1.85. The van der Waals surface area contributed by atoms with Crippen molar-refractivity contribution in [3.8, 4) is 0 Å². The molecule has 0 aliphatic heterocycles. The predicted molar refractivity (Wildman–Crippen MR) is 82.1 cm³/mol. The van der Waals surface area contributed by atoms with Gasteiger partial charge in [0.1, 0.15) is 0 Å². The third-order valence-corrected chi connectivity index (χ3v) is 3.48. The molecule has 0 amide bonds. The zero-order chi connectivity index (χ0) is 14.7. The molecule has 6 nitrogen and oxygen atoms in total. The highest BCUT2D eigenvalue weighted by atomic mass is 16.4. The number of rotatable bonds is 6. The molecule has 0 radical (unpaired) electrons. The monoisotopic (exact) mass is 278 g/mol. The molecule has 6 heteroatoms. The molecule has 1 aromatic carbocycles. The van der Waals surface area contributed by atoms with Gasteiger partial charge in [-0.3, -0.25) is 4.98 Å². The van der Waals surface area contributed by atoms with Gasteiger partial charge >= 0.3 is 5.76 Å². The van der Waals surface area contributed by atoms with Gasteiger partial charge in [-0.15, -0.1) is 0 Å². The molecule has 1 heterocycles. The van der Waals surface area contributed by atoms with Gasteiger partial charge in [0.05, 0.1) is 16.9 Å². The SMILES string of the molecule is CC(C)N(C)CCCNc1cc2[nH]c(=O)oc2cc1N. The molecular weight excluding hydrogens is 256 g/mol. The molecular formula is C14H22N4O2. The molecule has 0 saturated carbocycles. The summed E-state index contributed by atoms with van der Waals surface area (Å²) in [6.45, 7) is 6.20. The maximum absolute atomic E-state index is 11.1. The molecule has 110 valence electrons. The van der Waals surface area contributed by atoms with Gasteiger partial charge < -0.3 is 20.4 Å². The van der Waals surface area contributed by atoms with Gasteiger partial charge in [0.15, 0.2) is 5.58 Å². The van der Waals surface area contributed by atoms with Crippen LogP contribution in [-0.2, 0) is 0 Å². The first-order chi connectivity index (χ1) is 9.47. The van der Waals surface area contributed by atoms with E-state index in [9.17, 15) is 4.79 Å². The molecule has 4 N–H and O–H groups in total. The average Bonchev–Trinajstić information content (AvgIpc) is 2.73. The number of hydrogen-bond acceptors (Lipinski definition) is 5. The second-order valence-electron chi connectivity index (χ2n) is 5.30. The summed E-state index contributed by atoms with van der Waals surface area (Å²) in [5.41, 5.74) is 8.48. The second kappa shape index (κ2) is 6.00. The molecule has 2 rings (SSSR count). The summed E-state index contributed by atoms with van der Waals surface area (Å²) in [4.78, 5) is 16.0. The van der Waals surface area contributed by atoms with Gasteiger partial charge in [-0.25, -0.2) is 4.79 Å². The minimum absolute atomic E-state index is 0.463. The van der Waals surface area contributed by atoms with Gasteiger partial charge in [-0.1, -0.05) is 0 Å². The number of H-pyrrole nitrogens is 1. The zero-order valence-electron chi connectivity index (χ0n) is 12.2. The Morgan fingerprint density at radius 3 is 2.90 bits per heavy atom. The number of fused-ring (bicyclic) bond motifs is 1. The van der Waals surface area contributed by atoms with Gasteiger partial charge in [0.25, 0.3) is 0 Å². The highest BCUT2D eigenvalue weighted by Gasteiger charge is 2.07. The standard InChI is InChI=1S/C14H22N4O2/c1-9(2)18(3)6-4-5-16-11-8-12-13(7-10(11)15)20-14(19)17-12/h7-9,16H,4-6,15H2,1-3H3,(H,17,19). The van der Waals surface area contributed by atoms with Crippen LogP contribution in [0.15, 0.2) is 21.3 Å². The number of aromatic amines is 1. The summed E-state index contributed by atoms with van der Waals surface area (Å²) in [5.74, 6) is -0.463. The average molecular weight is 278 g/mol. The Morgan fingerprint density at radius 2 is 2.20 bits per heavy atom. The third kappa shape index (κ3) is 3.33. The summed E-state index contributed by atoms with van der Waals surface area (Å²) >= 11 is 0. The minimum atomic E-state index is -0.463. The Bertz CT molecular complexity index is 630. The second-order valence-corrected chi connectivity index (χ2v) is 5.30. The summed E-state index contributed by atoms with van der Waals surface area (Å²) < 4.78 is 4.96. The summed E-state index contributed by atoms with van der Waals surface area (Å²) in [7, 11) is 2.11. The molecule has 0 unspecified atom stereocenters. The van der Waals surface area contributed by atoms with Crippen LogP contribution in [0.5, 0.6) is 0 Å². The van der Waals surface area contributed by atoms with Crippen molar-refractivity contribution in [2.75, 3.05) is 31.2 Å². The molecule has 0 bridgehead atoms. The first kappa shape index (κ1) is 14.5. The number of nitrogen functional groups attached to an aromatic ring is 1. The Hall–Kier alpha value is -1.95. The van der Waals surface area contributed by atoms with Crippen LogP contribution in [0.3, 0.4) is 0 Å². The van der Waals surface area contributed by atoms with Crippen LogP contribution in [-0.4, -0.2) is 36.1 Å². The number of oxazole rings is 1. The molecule has 0 spiro atoms. The molecule has 0 aliphatic rings. The third-order valence-electron chi connectivity index (χ3n) is 3.48. The number of nitrogens with zero attached hydrogens (tertiary/aromatic N) is 1. The van der Waals surface area contributed by atoms with E-state index in [4.69, 9.17) is 10.2 Å². The molecule has 0 fully saturated rings. The van der Waals surface area contributed by atoms with Crippen molar-refractivity contribution in [2.24, 2.45) is 0 Å². The van der Waals surface area contributed by atoms with Crippen molar-refractivity contribution in [2.45, 2.75) is 26.3 Å². The number of nitrogens with one attached hydrogen (secondary N) is 2. The maximum atomic E-state index is 11.1. The Labute approximate surface area is 117 Å². The van der Waals surface area contributed by atoms with Crippen LogP contribution in [0.25, 0.3) is 11.1 Å². The number of aromatic nitrogens is 1. The lowest BCUT2D eigenvalue weighted by Crippen LogP contribution is -2.28. The van der Waals surface area contributed by atoms with Gasteiger partial charge in [0, 0.05) is 18.7 Å². The maximum Gasteiger partial charge on any atom is 0.417 e. The quantitative estimate of drug-likeness (QED) is 0.554. The minimum Gasteiger partial charge on any atom is -0.408 e. The molecule has 0 saturated heterocycles. The largest absolute Gasteiger partial charge is 0.417 e. The van der Waals surface area contributed by atoms with Gasteiger partial charge in [0.2, 0.25) is 0 Å². The van der Waals surface area contributed by atoms with E-state index in [0.29, 0.717) is 22.8 Å². The van der Waals surface area contributed by atoms with Crippen molar-refractivity contribution < 1.29 is 4.42 Å². The molecule has 2 aromatic rings.